The Balaban J connectivity index is 1.53. The SMILES string of the molecule is CCn1c(=O)[nH]c2cc(C(=O)N3CCCN(C(=O)c4ccccc4F)CC3)ccc2c1=O. The van der Waals surface area contributed by atoms with Gasteiger partial charge in [0.25, 0.3) is 17.4 Å². The summed E-state index contributed by atoms with van der Waals surface area (Å²) in [6.45, 7) is 3.39. The van der Waals surface area contributed by atoms with E-state index >= 15 is 0 Å². The summed E-state index contributed by atoms with van der Waals surface area (Å²) in [6, 6.07) is 10.5. The summed E-state index contributed by atoms with van der Waals surface area (Å²) in [5, 5.41) is 0.334. The van der Waals surface area contributed by atoms with Crippen molar-refractivity contribution in [3.8, 4) is 0 Å². The third kappa shape index (κ3) is 3.93. The summed E-state index contributed by atoms with van der Waals surface area (Å²) in [5.74, 6) is -1.22. The van der Waals surface area contributed by atoms with E-state index in [9.17, 15) is 23.6 Å². The van der Waals surface area contributed by atoms with Crippen LogP contribution in [0, 0.1) is 5.82 Å². The van der Waals surface area contributed by atoms with E-state index in [1.54, 1.807) is 34.9 Å². The van der Waals surface area contributed by atoms with Crippen LogP contribution in [0.5, 0.6) is 0 Å². The lowest BCUT2D eigenvalue weighted by Crippen LogP contribution is -2.37. The molecule has 1 N–H and O–H groups in total. The minimum absolute atomic E-state index is 0.0171. The van der Waals surface area contributed by atoms with Crippen molar-refractivity contribution >= 4 is 22.7 Å². The van der Waals surface area contributed by atoms with E-state index in [0.29, 0.717) is 42.5 Å². The van der Waals surface area contributed by atoms with Crippen LogP contribution in [0.2, 0.25) is 0 Å². The van der Waals surface area contributed by atoms with Gasteiger partial charge in [-0.1, -0.05) is 12.1 Å². The third-order valence-electron chi connectivity index (χ3n) is 5.72. The number of amides is 2. The number of nitrogens with zero attached hydrogens (tertiary/aromatic N) is 3. The average molecular weight is 438 g/mol. The molecule has 2 amide bonds. The number of rotatable bonds is 3. The van der Waals surface area contributed by atoms with Crippen molar-refractivity contribution in [3.05, 3.63) is 80.2 Å². The van der Waals surface area contributed by atoms with Gasteiger partial charge in [-0.3, -0.25) is 19.0 Å². The highest BCUT2D eigenvalue weighted by Crippen LogP contribution is 2.16. The van der Waals surface area contributed by atoms with E-state index < -0.39 is 23.0 Å². The molecule has 8 nitrogen and oxygen atoms in total. The number of hydrogen-bond donors (Lipinski definition) is 1. The van der Waals surface area contributed by atoms with Gasteiger partial charge in [0.1, 0.15) is 5.82 Å². The Labute approximate surface area is 182 Å². The Morgan fingerprint density at radius 3 is 2.34 bits per heavy atom. The number of benzene rings is 2. The zero-order valence-electron chi connectivity index (χ0n) is 17.6. The van der Waals surface area contributed by atoms with Gasteiger partial charge in [-0.05, 0) is 43.7 Å². The average Bonchev–Trinajstić information content (AvgIpc) is 3.05. The van der Waals surface area contributed by atoms with Gasteiger partial charge in [-0.25, -0.2) is 9.18 Å². The fraction of sp³-hybridized carbons (Fsp3) is 0.304. The zero-order chi connectivity index (χ0) is 22.8. The van der Waals surface area contributed by atoms with E-state index in [1.165, 1.54) is 24.3 Å². The van der Waals surface area contributed by atoms with Crippen molar-refractivity contribution in [2.75, 3.05) is 26.2 Å². The molecule has 166 valence electrons. The summed E-state index contributed by atoms with van der Waals surface area (Å²) >= 11 is 0. The van der Waals surface area contributed by atoms with Crippen LogP contribution in [0.4, 0.5) is 4.39 Å². The molecular weight excluding hydrogens is 415 g/mol. The largest absolute Gasteiger partial charge is 0.337 e. The predicted molar refractivity (Wildman–Crippen MR) is 117 cm³/mol. The summed E-state index contributed by atoms with van der Waals surface area (Å²) in [6.07, 6.45) is 0.553. The second-order valence-electron chi connectivity index (χ2n) is 7.66. The molecule has 1 saturated heterocycles. The molecule has 1 aromatic heterocycles. The van der Waals surface area contributed by atoms with Crippen LogP contribution in [0.1, 0.15) is 34.1 Å². The van der Waals surface area contributed by atoms with Crippen molar-refractivity contribution in [2.45, 2.75) is 19.9 Å². The van der Waals surface area contributed by atoms with Crippen LogP contribution in [0.3, 0.4) is 0 Å². The molecule has 1 fully saturated rings. The van der Waals surface area contributed by atoms with Crippen LogP contribution in [-0.4, -0.2) is 57.3 Å². The molecule has 9 heteroatoms. The summed E-state index contributed by atoms with van der Waals surface area (Å²) in [5.41, 5.74) is -0.255. The summed E-state index contributed by atoms with van der Waals surface area (Å²) in [4.78, 5) is 56.1. The highest BCUT2D eigenvalue weighted by Gasteiger charge is 2.25. The van der Waals surface area contributed by atoms with Gasteiger partial charge in [0.05, 0.1) is 16.5 Å². The van der Waals surface area contributed by atoms with Crippen molar-refractivity contribution in [3.63, 3.8) is 0 Å². The fourth-order valence-corrected chi connectivity index (χ4v) is 3.99. The number of carbonyl (C=O) groups excluding carboxylic acids is 2. The van der Waals surface area contributed by atoms with Crippen molar-refractivity contribution in [1.82, 2.24) is 19.4 Å². The van der Waals surface area contributed by atoms with Gasteiger partial charge in [0.2, 0.25) is 0 Å². The number of nitrogens with one attached hydrogen (secondary N) is 1. The van der Waals surface area contributed by atoms with Gasteiger partial charge in [-0.2, -0.15) is 0 Å². The molecule has 1 aliphatic heterocycles. The number of H-pyrrole nitrogens is 1. The molecule has 0 atom stereocenters. The van der Waals surface area contributed by atoms with Gasteiger partial charge >= 0.3 is 5.69 Å². The first kappa shape index (κ1) is 21.5. The number of carbonyl (C=O) groups is 2. The van der Waals surface area contributed by atoms with E-state index in [1.807, 2.05) is 0 Å². The van der Waals surface area contributed by atoms with Gasteiger partial charge in [0.15, 0.2) is 0 Å². The molecule has 2 heterocycles. The molecule has 0 saturated carbocycles. The van der Waals surface area contributed by atoms with E-state index in [-0.39, 0.29) is 24.6 Å². The standard InChI is InChI=1S/C23H23FN4O4/c1-2-28-22(31)17-9-8-15(14-19(17)25-23(28)32)20(29)26-10-5-11-27(13-12-26)21(30)16-6-3-4-7-18(16)24/h3-4,6-9,14H,2,5,10-13H2,1H3,(H,25,32). The molecule has 32 heavy (non-hydrogen) atoms. The molecule has 3 aromatic rings. The fourth-order valence-electron chi connectivity index (χ4n) is 3.99. The van der Waals surface area contributed by atoms with Gasteiger partial charge in [0, 0.05) is 38.3 Å². The first-order valence-corrected chi connectivity index (χ1v) is 10.5. The van der Waals surface area contributed by atoms with E-state index in [4.69, 9.17) is 0 Å². The lowest BCUT2D eigenvalue weighted by atomic mass is 10.1. The molecular formula is C23H23FN4O4. The van der Waals surface area contributed by atoms with E-state index in [2.05, 4.69) is 4.98 Å². The molecule has 0 spiro atoms. The summed E-state index contributed by atoms with van der Waals surface area (Å²) < 4.78 is 15.1. The van der Waals surface area contributed by atoms with Crippen LogP contribution >= 0.6 is 0 Å². The van der Waals surface area contributed by atoms with Gasteiger partial charge in [-0.15, -0.1) is 0 Å². The lowest BCUT2D eigenvalue weighted by Gasteiger charge is -2.22. The highest BCUT2D eigenvalue weighted by atomic mass is 19.1. The Kier molecular flexibility index (Phi) is 5.89. The molecule has 4 rings (SSSR count). The van der Waals surface area contributed by atoms with Crippen molar-refractivity contribution < 1.29 is 14.0 Å². The maximum Gasteiger partial charge on any atom is 0.328 e. The Bertz CT molecular complexity index is 1310. The minimum atomic E-state index is -0.568. The number of halogens is 1. The second kappa shape index (κ2) is 8.78. The molecule has 0 aliphatic carbocycles. The predicted octanol–water partition coefficient (Wildman–Crippen LogP) is 1.84. The number of aromatic amines is 1. The molecule has 2 aromatic carbocycles. The summed E-state index contributed by atoms with van der Waals surface area (Å²) in [7, 11) is 0. The van der Waals surface area contributed by atoms with Crippen LogP contribution in [0.15, 0.2) is 52.1 Å². The quantitative estimate of drug-likeness (QED) is 0.675. The molecule has 1 aliphatic rings. The topological polar surface area (TPSA) is 95.5 Å². The molecule has 0 bridgehead atoms. The normalized spacial score (nSPS) is 14.4. The molecule has 0 radical (unpaired) electrons. The van der Waals surface area contributed by atoms with Crippen molar-refractivity contribution in [2.24, 2.45) is 0 Å². The lowest BCUT2D eigenvalue weighted by molar-refractivity contribution is 0.0716. The Morgan fingerprint density at radius 2 is 1.66 bits per heavy atom. The zero-order valence-corrected chi connectivity index (χ0v) is 17.6. The van der Waals surface area contributed by atoms with Crippen LogP contribution < -0.4 is 11.2 Å². The Hall–Kier alpha value is -3.75. The maximum atomic E-state index is 14.0. The Morgan fingerprint density at radius 1 is 0.969 bits per heavy atom. The minimum Gasteiger partial charge on any atom is -0.337 e. The van der Waals surface area contributed by atoms with E-state index in [0.717, 1.165) is 4.57 Å². The first-order valence-electron chi connectivity index (χ1n) is 10.5. The number of fused-ring (bicyclic) bond motifs is 1. The maximum absolute atomic E-state index is 14.0. The third-order valence-corrected chi connectivity index (χ3v) is 5.72. The highest BCUT2D eigenvalue weighted by molar-refractivity contribution is 5.98. The number of aromatic nitrogens is 2. The number of hydrogen-bond acceptors (Lipinski definition) is 4. The first-order chi connectivity index (χ1) is 15.4. The smallest absolute Gasteiger partial charge is 0.328 e. The van der Waals surface area contributed by atoms with Crippen molar-refractivity contribution in [1.29, 1.82) is 0 Å². The van der Waals surface area contributed by atoms with Crippen LogP contribution in [0.25, 0.3) is 10.9 Å². The monoisotopic (exact) mass is 438 g/mol. The van der Waals surface area contributed by atoms with Gasteiger partial charge < -0.3 is 14.8 Å². The molecule has 0 unspecified atom stereocenters. The van der Waals surface area contributed by atoms with Crippen LogP contribution in [-0.2, 0) is 6.54 Å². The second-order valence-corrected chi connectivity index (χ2v) is 7.66.